The molecular formula is C60H70F2N4S7Si. The Morgan fingerprint density at radius 3 is 1.38 bits per heavy atom. The number of thiophene rings is 5. The quantitative estimate of drug-likeness (QED) is 0.0380. The molecule has 390 valence electrons. The van der Waals surface area contributed by atoms with Gasteiger partial charge >= 0.3 is 0 Å². The van der Waals surface area contributed by atoms with Crippen molar-refractivity contribution in [1.29, 1.82) is 0 Å². The molecule has 0 saturated carbocycles. The van der Waals surface area contributed by atoms with Crippen LogP contribution in [0.2, 0.25) is 12.1 Å². The maximum absolute atomic E-state index is 17.2. The van der Waals surface area contributed by atoms with Crippen LogP contribution in [0.5, 0.6) is 0 Å². The van der Waals surface area contributed by atoms with Gasteiger partial charge in [0.25, 0.3) is 0 Å². The zero-order valence-electron chi connectivity index (χ0n) is 44.0. The van der Waals surface area contributed by atoms with E-state index in [1.165, 1.54) is 153 Å². The fraction of sp³-hybridized carbons (Fsp3) is 0.467. The van der Waals surface area contributed by atoms with Crippen molar-refractivity contribution < 1.29 is 8.78 Å². The molecule has 0 aliphatic carbocycles. The molecule has 0 fully saturated rings. The highest BCUT2D eigenvalue weighted by molar-refractivity contribution is 7.32. The first-order valence-corrected chi connectivity index (χ1v) is 35.7. The molecule has 14 heteroatoms. The first-order chi connectivity index (χ1) is 36.2. The van der Waals surface area contributed by atoms with Crippen molar-refractivity contribution in [2.24, 2.45) is 11.8 Å². The molecule has 0 radical (unpaired) electrons. The molecular weight excluding hydrogens is 1070 g/mol. The van der Waals surface area contributed by atoms with E-state index in [4.69, 9.17) is 0 Å². The van der Waals surface area contributed by atoms with Crippen LogP contribution in [0.3, 0.4) is 0 Å². The van der Waals surface area contributed by atoms with Crippen LogP contribution in [0.1, 0.15) is 154 Å². The molecule has 7 aromatic heterocycles. The van der Waals surface area contributed by atoms with E-state index in [-0.39, 0.29) is 11.6 Å². The Morgan fingerprint density at radius 2 is 0.892 bits per heavy atom. The van der Waals surface area contributed by atoms with Crippen molar-refractivity contribution in [2.75, 3.05) is 0 Å². The van der Waals surface area contributed by atoms with Crippen molar-refractivity contribution in [2.45, 2.75) is 169 Å². The maximum atomic E-state index is 17.2. The average Bonchev–Trinajstić information content (AvgIpc) is 4.28. The predicted molar refractivity (Wildman–Crippen MR) is 327 cm³/mol. The fourth-order valence-electron chi connectivity index (χ4n) is 11.6. The molecule has 1 aliphatic rings. The first-order valence-electron chi connectivity index (χ1n) is 27.7. The van der Waals surface area contributed by atoms with Crippen molar-refractivity contribution in [1.82, 2.24) is 19.2 Å². The van der Waals surface area contributed by atoms with E-state index in [2.05, 4.69) is 109 Å². The molecule has 9 aromatic rings. The standard InChI is InChI=1S/C60H70F2N4S7Si/c1-7-13-17-19-23-39-25-27-45(67-39)46-29-30-48(69-46)54-44(62)32-42(58-56(54)64-66-73-58)50-34-52-60(71-50)59-51(74(52,35-37(11-5)21-15-9-3)36-38(12-6)22-16-10-4)33-49(70-59)41-31-43(61)53(55-57(41)72-65-63-55)47-28-26-40(68-47)24-20-18-14-8-2/h25-34,37-38H,7-24,35-36H2,1-6H3. The van der Waals surface area contributed by atoms with Gasteiger partial charge in [0.2, 0.25) is 0 Å². The van der Waals surface area contributed by atoms with E-state index in [0.29, 0.717) is 34.0 Å². The predicted octanol–water partition coefficient (Wildman–Crippen LogP) is 20.8. The van der Waals surface area contributed by atoms with Crippen molar-refractivity contribution in [3.8, 4) is 61.3 Å². The van der Waals surface area contributed by atoms with E-state index < -0.39 is 8.07 Å². The molecule has 2 aromatic carbocycles. The van der Waals surface area contributed by atoms with E-state index in [1.54, 1.807) is 34.8 Å². The number of halogens is 2. The van der Waals surface area contributed by atoms with Gasteiger partial charge in [0.1, 0.15) is 30.7 Å². The van der Waals surface area contributed by atoms with E-state index >= 15 is 8.78 Å². The third kappa shape index (κ3) is 10.9. The molecule has 2 atom stereocenters. The minimum absolute atomic E-state index is 0.229. The van der Waals surface area contributed by atoms with Crippen LogP contribution in [0, 0.1) is 23.5 Å². The third-order valence-corrected chi connectivity index (χ3v) is 29.2. The van der Waals surface area contributed by atoms with Crippen molar-refractivity contribution in [3.05, 3.63) is 82.1 Å². The van der Waals surface area contributed by atoms with E-state index in [9.17, 15) is 0 Å². The summed E-state index contributed by atoms with van der Waals surface area (Å²) in [7, 11) is -2.49. The minimum atomic E-state index is -2.49. The monoisotopic (exact) mass is 1140 g/mol. The topological polar surface area (TPSA) is 51.6 Å². The number of hydrogen-bond donors (Lipinski definition) is 0. The minimum Gasteiger partial charge on any atom is -0.206 e. The molecule has 8 heterocycles. The van der Waals surface area contributed by atoms with Crippen molar-refractivity contribution in [3.63, 3.8) is 0 Å². The number of benzene rings is 2. The number of aryl methyl sites for hydroxylation is 2. The largest absolute Gasteiger partial charge is 0.206 e. The smallest absolute Gasteiger partial charge is 0.134 e. The molecule has 4 nitrogen and oxygen atoms in total. The molecule has 2 unspecified atom stereocenters. The van der Waals surface area contributed by atoms with Crippen LogP contribution < -0.4 is 10.4 Å². The van der Waals surface area contributed by atoms with Crippen LogP contribution in [-0.2, 0) is 12.8 Å². The molecule has 0 amide bonds. The summed E-state index contributed by atoms with van der Waals surface area (Å²) >= 11 is 11.6. The zero-order chi connectivity index (χ0) is 51.3. The molecule has 74 heavy (non-hydrogen) atoms. The summed E-state index contributed by atoms with van der Waals surface area (Å²) in [6, 6.07) is 24.0. The second-order valence-corrected chi connectivity index (χ2v) is 31.9. The van der Waals surface area contributed by atoms with Gasteiger partial charge < -0.3 is 0 Å². The Labute approximate surface area is 467 Å². The van der Waals surface area contributed by atoms with Gasteiger partial charge in [-0.3, -0.25) is 0 Å². The van der Waals surface area contributed by atoms with Gasteiger partial charge in [-0.2, -0.15) is 0 Å². The summed E-state index contributed by atoms with van der Waals surface area (Å²) in [5, 5.41) is 12.4. The van der Waals surface area contributed by atoms with Gasteiger partial charge in [0.15, 0.2) is 0 Å². The zero-order valence-corrected chi connectivity index (χ0v) is 50.7. The van der Waals surface area contributed by atoms with Gasteiger partial charge in [0, 0.05) is 59.9 Å². The normalized spacial score (nSPS) is 15.2. The number of hydrogen-bond acceptors (Lipinski definition) is 11. The Morgan fingerprint density at radius 1 is 0.459 bits per heavy atom. The lowest BCUT2D eigenvalue weighted by molar-refractivity contribution is 0.469. The summed E-state index contributed by atoms with van der Waals surface area (Å²) < 4.78 is 45.1. The molecule has 0 bridgehead atoms. The molecule has 0 N–H and O–H groups in total. The van der Waals surface area contributed by atoms with Crippen LogP contribution in [0.25, 0.3) is 81.7 Å². The Bertz CT molecular complexity index is 3290. The Balaban J connectivity index is 1.07. The van der Waals surface area contributed by atoms with Crippen LogP contribution in [-0.4, -0.2) is 27.2 Å². The summed E-state index contributed by atoms with van der Waals surface area (Å²) in [5.41, 5.74) is 4.23. The van der Waals surface area contributed by atoms with E-state index in [0.717, 1.165) is 77.0 Å². The van der Waals surface area contributed by atoms with Crippen LogP contribution in [0.4, 0.5) is 8.78 Å². The third-order valence-electron chi connectivity index (χ3n) is 15.8. The molecule has 0 saturated heterocycles. The average molecular weight is 1140 g/mol. The van der Waals surface area contributed by atoms with E-state index in [1.807, 2.05) is 34.0 Å². The summed E-state index contributed by atoms with van der Waals surface area (Å²) in [5.74, 6) is 0.724. The lowest BCUT2D eigenvalue weighted by Gasteiger charge is -2.35. The lowest BCUT2D eigenvalue weighted by atomic mass is 10.0. The first kappa shape index (κ1) is 54.0. The fourth-order valence-corrected chi connectivity index (χ4v) is 26.9. The number of unbranched alkanes of at least 4 members (excludes halogenated alkanes) is 8. The molecule has 1 aliphatic heterocycles. The number of fused-ring (bicyclic) bond motifs is 5. The van der Waals surface area contributed by atoms with Gasteiger partial charge in [-0.25, -0.2) is 8.78 Å². The maximum Gasteiger partial charge on any atom is 0.134 e. The van der Waals surface area contributed by atoms with Gasteiger partial charge in [-0.15, -0.1) is 66.9 Å². The van der Waals surface area contributed by atoms with Crippen LogP contribution in [0.15, 0.2) is 60.7 Å². The second kappa shape index (κ2) is 24.5. The molecule has 0 spiro atoms. The number of nitrogens with zero attached hydrogens (tertiary/aromatic N) is 4. The lowest BCUT2D eigenvalue weighted by Crippen LogP contribution is -2.56. The summed E-state index contributed by atoms with van der Waals surface area (Å²) in [6.07, 6.45) is 21.6. The highest BCUT2D eigenvalue weighted by atomic mass is 32.1. The summed E-state index contributed by atoms with van der Waals surface area (Å²) in [6.45, 7) is 13.9. The van der Waals surface area contributed by atoms with Gasteiger partial charge in [-0.1, -0.05) is 140 Å². The number of rotatable bonds is 27. The second-order valence-electron chi connectivity index (χ2n) is 20.8. The summed E-state index contributed by atoms with van der Waals surface area (Å²) in [4.78, 5) is 11.8. The Kier molecular flexibility index (Phi) is 17.9. The van der Waals surface area contributed by atoms with Gasteiger partial charge in [0.05, 0.1) is 20.5 Å². The van der Waals surface area contributed by atoms with Crippen molar-refractivity contribution >= 4 is 119 Å². The Hall–Kier alpha value is -3.34. The SMILES string of the molecule is CCCCCCc1ccc(-c2ccc(-c3c(F)cc(-c4cc5c(s4)-c4sc(-c6cc(F)c(-c7ccc(CCCCCC)s7)c7nnsc67)cc4[Si]5(CC(CC)CCCC)CC(CC)CCCC)c4snnc34)s2)s1. The van der Waals surface area contributed by atoms with Crippen LogP contribution >= 0.6 is 79.7 Å². The molecule has 10 rings (SSSR count). The van der Waals surface area contributed by atoms with Gasteiger partial charge in [-0.05, 0) is 144 Å². The highest BCUT2D eigenvalue weighted by Gasteiger charge is 2.50. The highest BCUT2D eigenvalue weighted by Crippen LogP contribution is 2.52. The number of aromatic nitrogens is 4.